The van der Waals surface area contributed by atoms with Crippen LogP contribution in [0, 0.1) is 0 Å². The second kappa shape index (κ2) is 5.81. The molecule has 19 heavy (non-hydrogen) atoms. The fourth-order valence-electron chi connectivity index (χ4n) is 1.27. The van der Waals surface area contributed by atoms with Crippen LogP contribution in [-0.4, -0.2) is 18.1 Å². The van der Waals surface area contributed by atoms with Crippen LogP contribution < -0.4 is 0 Å². The minimum Gasteiger partial charge on any atom is -0.469 e. The van der Waals surface area contributed by atoms with Crippen LogP contribution in [0.2, 0.25) is 0 Å². The summed E-state index contributed by atoms with van der Waals surface area (Å²) >= 11 is 2.46. The summed E-state index contributed by atoms with van der Waals surface area (Å²) in [6, 6.07) is 0.535. The van der Waals surface area contributed by atoms with Crippen LogP contribution in [-0.2, 0) is 22.1 Å². The largest absolute Gasteiger partial charge is 0.469 e. The van der Waals surface area contributed by atoms with Crippen molar-refractivity contribution in [1.29, 1.82) is 0 Å². The van der Waals surface area contributed by atoms with E-state index in [9.17, 15) is 26.7 Å². The van der Waals surface area contributed by atoms with E-state index < -0.39 is 46.4 Å². The molecule has 0 unspecified atom stereocenters. The van der Waals surface area contributed by atoms with Crippen molar-refractivity contribution in [3.8, 4) is 0 Å². The van der Waals surface area contributed by atoms with Gasteiger partial charge in [-0.3, -0.25) is 9.78 Å². The average Bonchev–Trinajstić information content (AvgIpc) is 2.29. The molecular weight excluding hydrogens is 341 g/mol. The molecule has 1 heterocycles. The van der Waals surface area contributed by atoms with E-state index in [1.165, 1.54) is 0 Å². The number of methoxy groups -OCH3 is 1. The van der Waals surface area contributed by atoms with E-state index in [-0.39, 0.29) is 0 Å². The molecule has 0 N–H and O–H groups in total. The predicted octanol–water partition coefficient (Wildman–Crippen LogP) is 3.52. The number of halogens is 6. The maximum absolute atomic E-state index is 12.7. The normalized spacial score (nSPS) is 11.8. The van der Waals surface area contributed by atoms with Gasteiger partial charge in [-0.15, -0.1) is 0 Å². The van der Waals surface area contributed by atoms with Crippen molar-refractivity contribution in [2.75, 3.05) is 7.11 Å². The number of carbonyl (C=O) groups is 1. The molecule has 0 fully saturated rings. The van der Waals surface area contributed by atoms with E-state index in [4.69, 9.17) is 0 Å². The molecular formula is C10H7BrF5NO2. The molecule has 0 aliphatic heterocycles. The fraction of sp³-hybridized carbons (Fsp3) is 0.400. The first-order chi connectivity index (χ1) is 8.66. The Balaban J connectivity index is 3.35. The number of rotatable bonds is 3. The van der Waals surface area contributed by atoms with Crippen molar-refractivity contribution in [3.05, 3.63) is 27.5 Å². The zero-order valence-corrected chi connectivity index (χ0v) is 11.0. The van der Waals surface area contributed by atoms with Gasteiger partial charge in [0, 0.05) is 0 Å². The van der Waals surface area contributed by atoms with Gasteiger partial charge in [0.25, 0.3) is 6.43 Å². The van der Waals surface area contributed by atoms with Crippen LogP contribution in [0.3, 0.4) is 0 Å². The van der Waals surface area contributed by atoms with E-state index in [0.717, 1.165) is 7.11 Å². The molecule has 1 aromatic rings. The summed E-state index contributed by atoms with van der Waals surface area (Å²) in [6.07, 6.45) is -8.66. The molecule has 0 spiro atoms. The van der Waals surface area contributed by atoms with Crippen molar-refractivity contribution < 1.29 is 31.5 Å². The molecule has 1 aromatic heterocycles. The summed E-state index contributed by atoms with van der Waals surface area (Å²) in [4.78, 5) is 14.3. The molecule has 0 bridgehead atoms. The first-order valence-electron chi connectivity index (χ1n) is 4.78. The summed E-state index contributed by atoms with van der Waals surface area (Å²) in [5, 5.41) is 0. The van der Waals surface area contributed by atoms with Crippen molar-refractivity contribution in [2.24, 2.45) is 0 Å². The van der Waals surface area contributed by atoms with Crippen LogP contribution in [0.25, 0.3) is 0 Å². The van der Waals surface area contributed by atoms with Gasteiger partial charge in [0.1, 0.15) is 5.69 Å². The van der Waals surface area contributed by atoms with E-state index >= 15 is 0 Å². The maximum Gasteiger partial charge on any atom is 0.417 e. The summed E-state index contributed by atoms with van der Waals surface area (Å²) in [5.74, 6) is -0.872. The van der Waals surface area contributed by atoms with Crippen molar-refractivity contribution in [3.63, 3.8) is 0 Å². The molecule has 106 valence electrons. The van der Waals surface area contributed by atoms with Crippen LogP contribution in [0.1, 0.15) is 23.4 Å². The SMILES string of the molecule is COC(=O)Cc1cc(C(F)(F)F)c(Br)c(C(F)F)n1. The molecule has 0 aromatic carbocycles. The Hall–Kier alpha value is -1.25. The van der Waals surface area contributed by atoms with Crippen molar-refractivity contribution in [1.82, 2.24) is 4.98 Å². The number of hydrogen-bond acceptors (Lipinski definition) is 3. The van der Waals surface area contributed by atoms with Gasteiger partial charge in [0.15, 0.2) is 0 Å². The summed E-state index contributed by atoms with van der Waals surface area (Å²) in [7, 11) is 1.03. The number of nitrogens with zero attached hydrogens (tertiary/aromatic N) is 1. The molecule has 0 radical (unpaired) electrons. The Morgan fingerprint density at radius 3 is 2.47 bits per heavy atom. The smallest absolute Gasteiger partial charge is 0.417 e. The zero-order chi connectivity index (χ0) is 14.8. The zero-order valence-electron chi connectivity index (χ0n) is 9.39. The van der Waals surface area contributed by atoms with E-state index in [0.29, 0.717) is 6.07 Å². The highest BCUT2D eigenvalue weighted by molar-refractivity contribution is 9.10. The second-order valence-corrected chi connectivity index (χ2v) is 4.20. The highest BCUT2D eigenvalue weighted by atomic mass is 79.9. The number of alkyl halides is 5. The third-order valence-electron chi connectivity index (χ3n) is 2.10. The lowest BCUT2D eigenvalue weighted by molar-refractivity contribution is -0.141. The Morgan fingerprint density at radius 2 is 2.05 bits per heavy atom. The Bertz CT molecular complexity index is 490. The van der Waals surface area contributed by atoms with Gasteiger partial charge >= 0.3 is 12.1 Å². The molecule has 0 aliphatic carbocycles. The first kappa shape index (κ1) is 15.8. The first-order valence-corrected chi connectivity index (χ1v) is 5.57. The van der Waals surface area contributed by atoms with Gasteiger partial charge in [-0.2, -0.15) is 13.2 Å². The van der Waals surface area contributed by atoms with Crippen LogP contribution in [0.15, 0.2) is 10.5 Å². The summed E-state index contributed by atoms with van der Waals surface area (Å²) in [5.41, 5.74) is -2.80. The topological polar surface area (TPSA) is 39.2 Å². The van der Waals surface area contributed by atoms with Crippen molar-refractivity contribution >= 4 is 21.9 Å². The highest BCUT2D eigenvalue weighted by Gasteiger charge is 2.36. The number of ether oxygens (including phenoxy) is 1. The maximum atomic E-state index is 12.7. The minimum absolute atomic E-state index is 0.433. The lowest BCUT2D eigenvalue weighted by Gasteiger charge is -2.14. The third-order valence-corrected chi connectivity index (χ3v) is 2.93. The van der Waals surface area contributed by atoms with E-state index in [2.05, 4.69) is 25.7 Å². The van der Waals surface area contributed by atoms with Gasteiger partial charge in [-0.05, 0) is 22.0 Å². The van der Waals surface area contributed by atoms with Gasteiger partial charge in [0.05, 0.1) is 29.3 Å². The van der Waals surface area contributed by atoms with Gasteiger partial charge in [-0.25, -0.2) is 8.78 Å². The molecule has 0 atom stereocenters. The molecule has 0 saturated heterocycles. The number of carbonyl (C=O) groups excluding carboxylic acids is 1. The lowest BCUT2D eigenvalue weighted by Crippen LogP contribution is -2.13. The standard InChI is InChI=1S/C10H7BrF5NO2/c1-19-6(18)3-4-2-5(10(14,15)16)7(11)8(17-4)9(12)13/h2,9H,3H2,1H3. The Kier molecular flexibility index (Phi) is 4.83. The predicted molar refractivity (Wildman–Crippen MR) is 57.6 cm³/mol. The van der Waals surface area contributed by atoms with Crippen LogP contribution >= 0.6 is 15.9 Å². The number of esters is 1. The van der Waals surface area contributed by atoms with Gasteiger partial charge in [0.2, 0.25) is 0 Å². The monoisotopic (exact) mass is 347 g/mol. The average molecular weight is 348 g/mol. The summed E-state index contributed by atoms with van der Waals surface area (Å²) < 4.78 is 66.7. The van der Waals surface area contributed by atoms with E-state index in [1.807, 2.05) is 0 Å². The van der Waals surface area contributed by atoms with Gasteiger partial charge < -0.3 is 4.74 Å². The number of hydrogen-bond donors (Lipinski definition) is 0. The minimum atomic E-state index is -4.84. The molecule has 3 nitrogen and oxygen atoms in total. The molecule has 1 rings (SSSR count). The van der Waals surface area contributed by atoms with Crippen LogP contribution in [0.5, 0.6) is 0 Å². The molecule has 0 saturated carbocycles. The van der Waals surface area contributed by atoms with Crippen molar-refractivity contribution in [2.45, 2.75) is 19.0 Å². The van der Waals surface area contributed by atoms with Crippen LogP contribution in [0.4, 0.5) is 22.0 Å². The summed E-state index contributed by atoms with van der Waals surface area (Å²) in [6.45, 7) is 0. The van der Waals surface area contributed by atoms with E-state index in [1.54, 1.807) is 0 Å². The lowest BCUT2D eigenvalue weighted by atomic mass is 10.1. The second-order valence-electron chi connectivity index (χ2n) is 3.41. The third kappa shape index (κ3) is 3.85. The highest BCUT2D eigenvalue weighted by Crippen LogP contribution is 2.39. The Labute approximate surface area is 112 Å². The fourth-order valence-corrected chi connectivity index (χ4v) is 1.87. The number of pyridine rings is 1. The number of aromatic nitrogens is 1. The Morgan fingerprint density at radius 1 is 1.47 bits per heavy atom. The quantitative estimate of drug-likeness (QED) is 0.620. The molecule has 9 heteroatoms. The van der Waals surface area contributed by atoms with Gasteiger partial charge in [-0.1, -0.05) is 0 Å². The molecule has 0 aliphatic rings. The molecule has 0 amide bonds.